The molecule has 8 nitrogen and oxygen atoms in total. The zero-order valence-electron chi connectivity index (χ0n) is 17.7. The van der Waals surface area contributed by atoms with Gasteiger partial charge in [0.2, 0.25) is 5.88 Å². The maximum Gasteiger partial charge on any atom is 0.213 e. The minimum Gasteiger partial charge on any atom is -0.476 e. The van der Waals surface area contributed by atoms with Crippen molar-refractivity contribution in [3.8, 4) is 16.5 Å². The number of nitrogens with zero attached hydrogens (tertiary/aromatic N) is 5. The molecule has 4 N–H and O–H groups in total. The van der Waals surface area contributed by atoms with E-state index in [-0.39, 0.29) is 5.25 Å². The maximum absolute atomic E-state index is 5.90. The Morgan fingerprint density at radius 1 is 1.16 bits per heavy atom. The Hall–Kier alpha value is -2.43. The molecule has 0 amide bonds. The zero-order valence-corrected chi connectivity index (χ0v) is 19.4. The van der Waals surface area contributed by atoms with Crippen LogP contribution in [0.4, 0.5) is 11.6 Å². The van der Waals surface area contributed by atoms with Crippen LogP contribution < -0.4 is 16.2 Å². The summed E-state index contributed by atoms with van der Waals surface area (Å²) >= 11 is 3.15. The number of nitrogen functional groups attached to an aromatic ring is 2. The summed E-state index contributed by atoms with van der Waals surface area (Å²) in [7, 11) is 0. The third-order valence-corrected chi connectivity index (χ3v) is 7.09. The van der Waals surface area contributed by atoms with Gasteiger partial charge in [0.05, 0.1) is 10.9 Å². The summed E-state index contributed by atoms with van der Waals surface area (Å²) in [4.78, 5) is 21.4. The van der Waals surface area contributed by atoms with Crippen LogP contribution in [0.15, 0.2) is 29.6 Å². The van der Waals surface area contributed by atoms with Gasteiger partial charge in [-0.05, 0) is 45.8 Å². The highest BCUT2D eigenvalue weighted by Crippen LogP contribution is 2.39. The molecule has 0 radical (unpaired) electrons. The first kappa shape index (κ1) is 21.8. The van der Waals surface area contributed by atoms with Crippen molar-refractivity contribution in [3.05, 3.63) is 35.0 Å². The van der Waals surface area contributed by atoms with Crippen molar-refractivity contribution in [2.45, 2.75) is 37.1 Å². The highest BCUT2D eigenvalue weighted by atomic mass is 32.2. The number of thiazole rings is 1. The van der Waals surface area contributed by atoms with Crippen molar-refractivity contribution in [3.63, 3.8) is 0 Å². The number of pyridine rings is 1. The molecule has 1 saturated heterocycles. The summed E-state index contributed by atoms with van der Waals surface area (Å²) in [6.45, 7) is 8.09. The van der Waals surface area contributed by atoms with E-state index in [1.165, 1.54) is 37.7 Å². The number of aryl methyl sites for hydroxylation is 1. The lowest BCUT2D eigenvalue weighted by Crippen LogP contribution is -2.25. The number of aromatic nitrogens is 4. The molecule has 0 aromatic carbocycles. The molecule has 1 fully saturated rings. The third-order valence-electron chi connectivity index (χ3n) is 5.08. The SMILES string of the molecule is Cc1sc(-c2ccnc(OCCN3CCCC3)c2)nc1[C@H](C)Sc1nc(N)cc(N)n1. The van der Waals surface area contributed by atoms with Crippen LogP contribution in [0.2, 0.25) is 0 Å². The predicted molar refractivity (Wildman–Crippen MR) is 126 cm³/mol. The highest BCUT2D eigenvalue weighted by molar-refractivity contribution is 7.99. The predicted octanol–water partition coefficient (Wildman–Crippen LogP) is 3.80. The lowest BCUT2D eigenvalue weighted by molar-refractivity contribution is 0.232. The Labute approximate surface area is 190 Å². The van der Waals surface area contributed by atoms with Crippen LogP contribution in [0.1, 0.15) is 35.6 Å². The van der Waals surface area contributed by atoms with Crippen LogP contribution in [0, 0.1) is 6.92 Å². The summed E-state index contributed by atoms with van der Waals surface area (Å²) < 4.78 is 5.90. The summed E-state index contributed by atoms with van der Waals surface area (Å²) in [6, 6.07) is 5.48. The maximum atomic E-state index is 5.90. The van der Waals surface area contributed by atoms with E-state index >= 15 is 0 Å². The molecule has 0 unspecified atom stereocenters. The molecule has 31 heavy (non-hydrogen) atoms. The Morgan fingerprint density at radius 3 is 2.65 bits per heavy atom. The fraction of sp³-hybridized carbons (Fsp3) is 0.429. The zero-order chi connectivity index (χ0) is 21.8. The fourth-order valence-corrected chi connectivity index (χ4v) is 5.60. The van der Waals surface area contributed by atoms with Crippen LogP contribution in [-0.2, 0) is 0 Å². The van der Waals surface area contributed by atoms with E-state index in [0.29, 0.717) is 29.3 Å². The first-order valence-corrected chi connectivity index (χ1v) is 12.0. The van der Waals surface area contributed by atoms with Crippen LogP contribution in [0.3, 0.4) is 0 Å². The minimum atomic E-state index is 0.0595. The largest absolute Gasteiger partial charge is 0.476 e. The standard InChI is InChI=1S/C21H27N7OS2/c1-13-19(14(2)31-21-25-16(22)12-17(23)26-21)27-20(30-13)15-5-6-24-18(11-15)29-10-9-28-7-3-4-8-28/h5-6,11-12,14H,3-4,7-10H2,1-2H3,(H4,22,23,25,26)/t14-/m0/s1. The van der Waals surface area contributed by atoms with Gasteiger partial charge in [-0.25, -0.2) is 19.9 Å². The first-order valence-electron chi connectivity index (χ1n) is 10.3. The molecule has 0 aliphatic carbocycles. The molecular weight excluding hydrogens is 430 g/mol. The van der Waals surface area contributed by atoms with Gasteiger partial charge in [-0.3, -0.25) is 4.90 Å². The molecule has 1 atom stereocenters. The molecule has 0 bridgehead atoms. The van der Waals surface area contributed by atoms with E-state index in [9.17, 15) is 0 Å². The summed E-state index contributed by atoms with van der Waals surface area (Å²) in [6.07, 6.45) is 4.35. The van der Waals surface area contributed by atoms with Gasteiger partial charge in [0.15, 0.2) is 5.16 Å². The third kappa shape index (κ3) is 5.63. The molecule has 4 rings (SSSR count). The van der Waals surface area contributed by atoms with E-state index in [4.69, 9.17) is 21.2 Å². The van der Waals surface area contributed by atoms with E-state index < -0.39 is 0 Å². The molecule has 3 aromatic heterocycles. The topological polar surface area (TPSA) is 116 Å². The highest BCUT2D eigenvalue weighted by Gasteiger charge is 2.19. The number of thioether (sulfide) groups is 1. The van der Waals surface area contributed by atoms with Gasteiger partial charge in [0.1, 0.15) is 23.3 Å². The molecule has 1 aliphatic rings. The Morgan fingerprint density at radius 2 is 1.90 bits per heavy atom. The second-order valence-corrected chi connectivity index (χ2v) is 10.0. The second-order valence-electron chi connectivity index (χ2n) is 7.50. The van der Waals surface area contributed by atoms with Crippen LogP contribution in [0.5, 0.6) is 5.88 Å². The van der Waals surface area contributed by atoms with E-state index in [0.717, 1.165) is 27.7 Å². The van der Waals surface area contributed by atoms with Crippen molar-refractivity contribution in [1.82, 2.24) is 24.8 Å². The molecule has 0 saturated carbocycles. The average Bonchev–Trinajstić information content (AvgIpc) is 3.37. The Kier molecular flexibility index (Phi) is 6.89. The monoisotopic (exact) mass is 457 g/mol. The minimum absolute atomic E-state index is 0.0595. The van der Waals surface area contributed by atoms with Crippen LogP contribution in [0.25, 0.3) is 10.6 Å². The van der Waals surface area contributed by atoms with Crippen molar-refractivity contribution in [2.75, 3.05) is 37.7 Å². The molecular formula is C21H27N7OS2. The average molecular weight is 458 g/mol. The van der Waals surface area contributed by atoms with E-state index in [1.807, 2.05) is 12.1 Å². The lowest BCUT2D eigenvalue weighted by Gasteiger charge is -2.14. The number of likely N-dealkylation sites (tertiary alicyclic amines) is 1. The lowest BCUT2D eigenvalue weighted by atomic mass is 10.2. The molecule has 3 aromatic rings. The van der Waals surface area contributed by atoms with Gasteiger partial charge in [0, 0.05) is 35.3 Å². The first-order chi connectivity index (χ1) is 15.0. The molecule has 0 spiro atoms. The van der Waals surface area contributed by atoms with Crippen LogP contribution >= 0.6 is 23.1 Å². The number of rotatable bonds is 8. The van der Waals surface area contributed by atoms with Gasteiger partial charge in [-0.1, -0.05) is 11.8 Å². The van der Waals surface area contributed by atoms with Gasteiger partial charge in [-0.15, -0.1) is 11.3 Å². The molecule has 1 aliphatic heterocycles. The van der Waals surface area contributed by atoms with Crippen LogP contribution in [-0.4, -0.2) is 51.1 Å². The Balaban J connectivity index is 1.43. The second kappa shape index (κ2) is 9.80. The number of ether oxygens (including phenoxy) is 1. The summed E-state index contributed by atoms with van der Waals surface area (Å²) in [5, 5.41) is 1.56. The number of hydrogen-bond acceptors (Lipinski definition) is 10. The fourth-order valence-electron chi connectivity index (χ4n) is 3.54. The number of anilines is 2. The smallest absolute Gasteiger partial charge is 0.213 e. The molecule has 10 heteroatoms. The summed E-state index contributed by atoms with van der Waals surface area (Å²) in [5.74, 6) is 1.37. The van der Waals surface area contributed by atoms with Gasteiger partial charge < -0.3 is 16.2 Å². The van der Waals surface area contributed by atoms with Crippen molar-refractivity contribution in [1.29, 1.82) is 0 Å². The van der Waals surface area contributed by atoms with Crippen molar-refractivity contribution >= 4 is 34.7 Å². The normalized spacial score (nSPS) is 15.3. The molecule has 4 heterocycles. The van der Waals surface area contributed by atoms with Crippen molar-refractivity contribution in [2.24, 2.45) is 0 Å². The quantitative estimate of drug-likeness (QED) is 0.385. The van der Waals surface area contributed by atoms with Gasteiger partial charge >= 0.3 is 0 Å². The molecule has 164 valence electrons. The van der Waals surface area contributed by atoms with E-state index in [1.54, 1.807) is 23.6 Å². The number of hydrogen-bond donors (Lipinski definition) is 2. The van der Waals surface area contributed by atoms with E-state index in [2.05, 4.69) is 33.7 Å². The van der Waals surface area contributed by atoms with Gasteiger partial charge in [0.25, 0.3) is 0 Å². The van der Waals surface area contributed by atoms with Gasteiger partial charge in [-0.2, -0.15) is 0 Å². The summed E-state index contributed by atoms with van der Waals surface area (Å²) in [5.41, 5.74) is 13.6. The van der Waals surface area contributed by atoms with Crippen molar-refractivity contribution < 1.29 is 4.74 Å². The Bertz CT molecular complexity index is 1020. The number of nitrogens with two attached hydrogens (primary N) is 2.